The van der Waals surface area contributed by atoms with Gasteiger partial charge in [0.2, 0.25) is 0 Å². The molecule has 0 saturated carbocycles. The molecule has 0 spiro atoms. The van der Waals surface area contributed by atoms with Crippen molar-refractivity contribution in [2.24, 2.45) is 0 Å². The SMILES string of the molecule is C[Si](C)(C)C[C@@H](O)[C@@H]1CCCN1.C[Si](C)(C)C[C@H](O)[C@H]1CCCN1.C[Si](C[C@@H](O)[C@@H]1CCCN1)(c1ccccc1)c1ccccc1.C[Si](C[C@H](O)[C@H]1CCCN1)(c1ccccc1)c1ccccc1.O[C@@H](C(c1ccccc1)c1ccccc1)[C@H]1CCCN1.O[C@H](C(c1ccccc1)c1ccccc1)[C@@H]1CCCN1. The number of benzene rings is 8. The Bertz CT molecular complexity index is 3270. The van der Waals surface area contributed by atoms with Crippen LogP contribution in [0.3, 0.4) is 0 Å². The van der Waals surface area contributed by atoms with Crippen molar-refractivity contribution in [3.05, 3.63) is 265 Å². The molecule has 8 aromatic rings. The van der Waals surface area contributed by atoms with Crippen LogP contribution in [-0.2, 0) is 0 Å². The van der Waals surface area contributed by atoms with Crippen molar-refractivity contribution in [1.29, 1.82) is 0 Å². The fourth-order valence-electron chi connectivity index (χ4n) is 17.1. The number of nitrogens with one attached hydrogen (secondary N) is 6. The molecule has 12 N–H and O–H groups in total. The van der Waals surface area contributed by atoms with Crippen LogP contribution in [0.5, 0.6) is 0 Å². The van der Waals surface area contributed by atoms with E-state index in [1.54, 1.807) is 0 Å². The molecule has 6 aliphatic rings. The Morgan fingerprint density at radius 1 is 0.250 bits per heavy atom. The first-order chi connectivity index (χ1) is 52.1. The maximum absolute atomic E-state index is 10.9. The second kappa shape index (κ2) is 43.8. The third kappa shape index (κ3) is 26.7. The fourth-order valence-corrected chi connectivity index (χ4v) is 27.8. The van der Waals surface area contributed by atoms with Crippen LogP contribution < -0.4 is 52.6 Å². The Morgan fingerprint density at radius 3 is 0.602 bits per heavy atom. The number of aliphatic hydroxyl groups excluding tert-OH is 6. The van der Waals surface area contributed by atoms with Gasteiger partial charge in [-0.15, -0.1) is 0 Å². The highest BCUT2D eigenvalue weighted by Gasteiger charge is 2.40. The normalized spacial score (nSPS) is 21.7. The molecular weight excluding hydrogens is 1400 g/mol. The lowest BCUT2D eigenvalue weighted by Crippen LogP contribution is -2.58. The Balaban J connectivity index is 0.000000152. The van der Waals surface area contributed by atoms with Crippen LogP contribution in [0.1, 0.15) is 111 Å². The van der Waals surface area contributed by atoms with Crippen LogP contribution in [0.4, 0.5) is 0 Å². The van der Waals surface area contributed by atoms with Crippen molar-refractivity contribution in [3.8, 4) is 0 Å². The standard InChI is InChI=1S/2C19H25NOSi.2C18H21NO.2C9H21NOSi/c2*1-22(16-9-4-2-5-10-16,17-11-6-3-7-12-17)15-19(21)18-13-8-14-20-18;2*20-18(16-12-7-13-19-16)17(14-8-3-1-4-9-14)15-10-5-2-6-11-15;2*1-12(2,3)7-9(11)8-5-4-6-10-8/h2*2-7,9-12,18-21H,8,13-15H2,1H3;2*1-6,8-11,16-20H,7,12-13H2;2*8-11H,4-7H2,1-3H3/t2*18-,19+;2*16-,18-;2*8-,9+/m101010/s1. The molecule has 14 rings (SSSR count). The quantitative estimate of drug-likeness (QED) is 0.0257. The number of hydrogen-bond donors (Lipinski definition) is 12. The summed E-state index contributed by atoms with van der Waals surface area (Å²) in [7, 11) is -6.00. The van der Waals surface area contributed by atoms with Crippen LogP contribution >= 0.6 is 0 Å². The van der Waals surface area contributed by atoms with E-state index in [1.165, 1.54) is 68.7 Å². The van der Waals surface area contributed by atoms with Gasteiger partial charge in [-0.05, 0) is 163 Å². The van der Waals surface area contributed by atoms with Crippen molar-refractivity contribution >= 4 is 53.0 Å². The Kier molecular flexibility index (Phi) is 35.0. The monoisotopic (exact) mass is 1530 g/mol. The van der Waals surface area contributed by atoms with Gasteiger partial charge in [0.25, 0.3) is 0 Å². The van der Waals surface area contributed by atoms with Crippen LogP contribution in [0, 0.1) is 0 Å². The Hall–Kier alpha value is -5.85. The third-order valence-corrected chi connectivity index (χ3v) is 35.3. The topological polar surface area (TPSA) is 194 Å². The number of hydrogen-bond acceptors (Lipinski definition) is 12. The second-order valence-corrected chi connectivity index (χ2v) is 53.6. The predicted molar refractivity (Wildman–Crippen MR) is 465 cm³/mol. The average molecular weight is 1530 g/mol. The Morgan fingerprint density at radius 2 is 0.426 bits per heavy atom. The maximum Gasteiger partial charge on any atom is 0.117 e. The van der Waals surface area contributed by atoms with Gasteiger partial charge in [-0.1, -0.05) is 316 Å². The highest BCUT2D eigenvalue weighted by molar-refractivity contribution is 7.02. The van der Waals surface area contributed by atoms with E-state index in [1.807, 2.05) is 72.8 Å². The van der Waals surface area contributed by atoms with E-state index in [-0.39, 0.29) is 72.6 Å². The molecule has 584 valence electrons. The molecule has 0 bridgehead atoms. The zero-order chi connectivity index (χ0) is 76.8. The predicted octanol–water partition coefficient (Wildman–Crippen LogP) is 12.7. The zero-order valence-electron chi connectivity index (χ0n) is 66.4. The molecule has 8 aromatic carbocycles. The summed E-state index contributed by atoms with van der Waals surface area (Å²) >= 11 is 0. The van der Waals surface area contributed by atoms with Crippen molar-refractivity contribution in [1.82, 2.24) is 31.9 Å². The van der Waals surface area contributed by atoms with Gasteiger partial charge < -0.3 is 62.5 Å². The molecule has 0 unspecified atom stereocenters. The van der Waals surface area contributed by atoms with E-state index in [4.69, 9.17) is 0 Å². The van der Waals surface area contributed by atoms with Gasteiger partial charge >= 0.3 is 0 Å². The van der Waals surface area contributed by atoms with Gasteiger partial charge in [0, 0.05) is 64.2 Å². The van der Waals surface area contributed by atoms with Gasteiger partial charge in [0.15, 0.2) is 0 Å². The van der Waals surface area contributed by atoms with Gasteiger partial charge in [-0.2, -0.15) is 0 Å². The second-order valence-electron chi connectivity index (χ2n) is 34.1. The van der Waals surface area contributed by atoms with Crippen molar-refractivity contribution in [2.45, 2.75) is 238 Å². The van der Waals surface area contributed by atoms with E-state index in [2.05, 4.69) is 254 Å². The van der Waals surface area contributed by atoms with Gasteiger partial charge in [-0.3, -0.25) is 0 Å². The molecule has 0 aliphatic carbocycles. The lowest BCUT2D eigenvalue weighted by Gasteiger charge is -2.33. The molecule has 0 amide bonds. The van der Waals surface area contributed by atoms with Crippen molar-refractivity contribution < 1.29 is 30.6 Å². The van der Waals surface area contributed by atoms with Crippen LogP contribution in [0.2, 0.25) is 76.6 Å². The fraction of sp³-hybridized carbons (Fsp3) is 0.478. The van der Waals surface area contributed by atoms with E-state index < -0.39 is 32.3 Å². The van der Waals surface area contributed by atoms with E-state index >= 15 is 0 Å². The first-order valence-electron chi connectivity index (χ1n) is 41.0. The molecule has 108 heavy (non-hydrogen) atoms. The van der Waals surface area contributed by atoms with E-state index in [9.17, 15) is 30.6 Å². The van der Waals surface area contributed by atoms with Gasteiger partial charge in [-0.25, -0.2) is 0 Å². The summed E-state index contributed by atoms with van der Waals surface area (Å²) in [6.45, 7) is 24.9. The van der Waals surface area contributed by atoms with Crippen LogP contribution in [0.25, 0.3) is 0 Å². The molecular formula is C92H134N6O6Si4. The summed E-state index contributed by atoms with van der Waals surface area (Å²) in [6, 6.07) is 89.8. The minimum Gasteiger partial charge on any atom is -0.392 e. The van der Waals surface area contributed by atoms with Crippen LogP contribution in [-0.4, -0.2) is 175 Å². The molecule has 6 saturated heterocycles. The summed E-state index contributed by atoms with van der Waals surface area (Å²) in [5.74, 6) is 0.0704. The zero-order valence-corrected chi connectivity index (χ0v) is 70.4. The van der Waals surface area contributed by atoms with Crippen LogP contribution in [0.15, 0.2) is 243 Å². The highest BCUT2D eigenvalue weighted by Crippen LogP contribution is 2.34. The average Bonchev–Trinajstić information content (AvgIpc) is 1.12. The van der Waals surface area contributed by atoms with E-state index in [0.717, 1.165) is 115 Å². The summed E-state index contributed by atoms with van der Waals surface area (Å²) in [5.41, 5.74) is 4.72. The maximum atomic E-state index is 10.9. The third-order valence-electron chi connectivity index (χ3n) is 23.1. The molecule has 0 aromatic heterocycles. The Labute approximate surface area is 653 Å². The first kappa shape index (κ1) is 86.1. The smallest absolute Gasteiger partial charge is 0.117 e. The highest BCUT2D eigenvalue weighted by atomic mass is 28.3. The van der Waals surface area contributed by atoms with E-state index in [0.29, 0.717) is 12.1 Å². The van der Waals surface area contributed by atoms with Crippen molar-refractivity contribution in [3.63, 3.8) is 0 Å². The molecule has 12 nitrogen and oxygen atoms in total. The molecule has 6 fully saturated rings. The van der Waals surface area contributed by atoms with Gasteiger partial charge in [0.05, 0.1) is 36.6 Å². The molecule has 12 atom stereocenters. The molecule has 6 heterocycles. The first-order valence-corrected chi connectivity index (χ1v) is 53.8. The minimum absolute atomic E-state index is 0.0352. The largest absolute Gasteiger partial charge is 0.392 e. The summed E-state index contributed by atoms with van der Waals surface area (Å²) in [5, 5.41) is 89.0. The molecule has 0 radical (unpaired) electrons. The summed E-state index contributed by atoms with van der Waals surface area (Å²) in [4.78, 5) is 0. The number of aliphatic hydroxyl groups is 6. The summed E-state index contributed by atoms with van der Waals surface area (Å²) in [6.07, 6.45) is 12.2. The van der Waals surface area contributed by atoms with Crippen molar-refractivity contribution in [2.75, 3.05) is 39.3 Å². The summed E-state index contributed by atoms with van der Waals surface area (Å²) < 4.78 is 0. The lowest BCUT2D eigenvalue weighted by atomic mass is 9.83. The lowest BCUT2D eigenvalue weighted by molar-refractivity contribution is 0.119. The minimum atomic E-state index is -1.92. The van der Waals surface area contributed by atoms with Gasteiger partial charge in [0.1, 0.15) is 16.1 Å². The number of rotatable bonds is 24. The molecule has 16 heteroatoms. The molecule has 6 aliphatic heterocycles.